The number of methoxy groups -OCH3 is 1. The van der Waals surface area contributed by atoms with Gasteiger partial charge in [0.1, 0.15) is 5.75 Å². The van der Waals surface area contributed by atoms with Gasteiger partial charge in [-0.25, -0.2) is 0 Å². The van der Waals surface area contributed by atoms with Gasteiger partial charge in [0.15, 0.2) is 0 Å². The molecule has 1 heterocycles. The predicted molar refractivity (Wildman–Crippen MR) is 76.2 cm³/mol. The van der Waals surface area contributed by atoms with Crippen LogP contribution in [-0.2, 0) is 4.74 Å². The number of hydrogen-bond donors (Lipinski definition) is 1. The topological polar surface area (TPSA) is 44.5 Å². The standard InChI is InChI=1S/C14H21NO2S/c1-3-13(15)14(18-12-8-17-9-12)10-5-4-6-11(7-10)16-2/h4-7,12-14H,3,8-9,15H2,1-2H3. The highest BCUT2D eigenvalue weighted by molar-refractivity contribution is 8.00. The molecule has 2 rings (SSSR count). The van der Waals surface area contributed by atoms with Crippen LogP contribution >= 0.6 is 11.8 Å². The summed E-state index contributed by atoms with van der Waals surface area (Å²) >= 11 is 1.93. The Morgan fingerprint density at radius 3 is 2.83 bits per heavy atom. The van der Waals surface area contributed by atoms with Gasteiger partial charge in [0, 0.05) is 11.3 Å². The van der Waals surface area contributed by atoms with Crippen molar-refractivity contribution >= 4 is 11.8 Å². The monoisotopic (exact) mass is 267 g/mol. The first kappa shape index (κ1) is 13.7. The second-order valence-corrected chi connectivity index (χ2v) is 6.01. The first-order chi connectivity index (χ1) is 8.74. The van der Waals surface area contributed by atoms with E-state index >= 15 is 0 Å². The summed E-state index contributed by atoms with van der Waals surface area (Å²) in [7, 11) is 1.70. The number of hydrogen-bond acceptors (Lipinski definition) is 4. The van der Waals surface area contributed by atoms with Crippen LogP contribution in [0.15, 0.2) is 24.3 Å². The van der Waals surface area contributed by atoms with E-state index in [9.17, 15) is 0 Å². The normalized spacial score (nSPS) is 19.1. The van der Waals surface area contributed by atoms with Crippen LogP contribution in [0.4, 0.5) is 0 Å². The Morgan fingerprint density at radius 1 is 1.50 bits per heavy atom. The van der Waals surface area contributed by atoms with Crippen molar-refractivity contribution < 1.29 is 9.47 Å². The number of nitrogens with two attached hydrogens (primary N) is 1. The van der Waals surface area contributed by atoms with Gasteiger partial charge in [-0.3, -0.25) is 0 Å². The van der Waals surface area contributed by atoms with E-state index < -0.39 is 0 Å². The molecule has 1 aromatic rings. The average molecular weight is 267 g/mol. The predicted octanol–water partition coefficient (Wildman–Crippen LogP) is 2.61. The van der Waals surface area contributed by atoms with Crippen molar-refractivity contribution in [2.75, 3.05) is 20.3 Å². The third-order valence-electron chi connectivity index (χ3n) is 3.23. The largest absolute Gasteiger partial charge is 0.497 e. The van der Waals surface area contributed by atoms with Crippen LogP contribution in [0.25, 0.3) is 0 Å². The number of ether oxygens (including phenoxy) is 2. The molecule has 1 aliphatic rings. The van der Waals surface area contributed by atoms with E-state index in [4.69, 9.17) is 15.2 Å². The molecule has 0 bridgehead atoms. The van der Waals surface area contributed by atoms with Crippen LogP contribution in [0.1, 0.15) is 24.2 Å². The van der Waals surface area contributed by atoms with Crippen LogP contribution in [0.5, 0.6) is 5.75 Å². The lowest BCUT2D eigenvalue weighted by Crippen LogP contribution is -2.35. The van der Waals surface area contributed by atoms with Gasteiger partial charge in [0.2, 0.25) is 0 Å². The summed E-state index contributed by atoms with van der Waals surface area (Å²) in [5.74, 6) is 0.895. The van der Waals surface area contributed by atoms with Gasteiger partial charge >= 0.3 is 0 Å². The van der Waals surface area contributed by atoms with Gasteiger partial charge in [-0.15, -0.1) is 11.8 Å². The zero-order valence-electron chi connectivity index (χ0n) is 11.0. The maximum atomic E-state index is 6.27. The minimum atomic E-state index is 0.169. The van der Waals surface area contributed by atoms with Gasteiger partial charge in [-0.2, -0.15) is 0 Å². The van der Waals surface area contributed by atoms with Crippen LogP contribution in [-0.4, -0.2) is 31.6 Å². The van der Waals surface area contributed by atoms with Crippen molar-refractivity contribution in [1.29, 1.82) is 0 Å². The van der Waals surface area contributed by atoms with Crippen LogP contribution < -0.4 is 10.5 Å². The zero-order chi connectivity index (χ0) is 13.0. The summed E-state index contributed by atoms with van der Waals surface area (Å²) in [4.78, 5) is 0. The summed E-state index contributed by atoms with van der Waals surface area (Å²) in [5.41, 5.74) is 7.52. The van der Waals surface area contributed by atoms with Crippen molar-refractivity contribution in [3.63, 3.8) is 0 Å². The quantitative estimate of drug-likeness (QED) is 0.860. The third kappa shape index (κ3) is 3.19. The number of thioether (sulfide) groups is 1. The molecule has 0 radical (unpaired) electrons. The average Bonchev–Trinajstić information content (AvgIpc) is 2.37. The molecule has 18 heavy (non-hydrogen) atoms. The molecule has 1 saturated heterocycles. The molecular formula is C14H21NO2S. The van der Waals surface area contributed by atoms with E-state index in [0.29, 0.717) is 10.5 Å². The maximum Gasteiger partial charge on any atom is 0.119 e. The third-order valence-corrected chi connectivity index (χ3v) is 4.80. The lowest BCUT2D eigenvalue weighted by Gasteiger charge is -2.32. The van der Waals surface area contributed by atoms with Crippen LogP contribution in [0.2, 0.25) is 0 Å². The summed E-state index contributed by atoms with van der Waals surface area (Å²) < 4.78 is 10.5. The molecule has 0 spiro atoms. The Hall–Kier alpha value is -0.710. The summed E-state index contributed by atoms with van der Waals surface area (Å²) in [5, 5.41) is 0.901. The van der Waals surface area contributed by atoms with Crippen LogP contribution in [0.3, 0.4) is 0 Å². The van der Waals surface area contributed by atoms with Crippen LogP contribution in [0, 0.1) is 0 Å². The van der Waals surface area contributed by atoms with E-state index in [1.54, 1.807) is 7.11 Å². The zero-order valence-corrected chi connectivity index (χ0v) is 11.8. The van der Waals surface area contributed by atoms with Gasteiger partial charge < -0.3 is 15.2 Å². The first-order valence-electron chi connectivity index (χ1n) is 6.37. The molecule has 0 saturated carbocycles. The number of rotatable bonds is 6. The van der Waals surface area contributed by atoms with Crippen molar-refractivity contribution in [1.82, 2.24) is 0 Å². The molecule has 1 aromatic carbocycles. The molecule has 100 valence electrons. The molecule has 1 aliphatic heterocycles. The Labute approximate surface area is 113 Å². The molecule has 0 aromatic heterocycles. The fraction of sp³-hybridized carbons (Fsp3) is 0.571. The van der Waals surface area contributed by atoms with E-state index in [-0.39, 0.29) is 6.04 Å². The van der Waals surface area contributed by atoms with E-state index in [1.807, 2.05) is 23.9 Å². The molecule has 4 heteroatoms. The Balaban J connectivity index is 2.14. The first-order valence-corrected chi connectivity index (χ1v) is 7.31. The second-order valence-electron chi connectivity index (χ2n) is 4.56. The van der Waals surface area contributed by atoms with Crippen molar-refractivity contribution in [2.45, 2.75) is 29.9 Å². The molecule has 3 nitrogen and oxygen atoms in total. The highest BCUT2D eigenvalue weighted by Gasteiger charge is 2.27. The minimum absolute atomic E-state index is 0.169. The molecule has 0 amide bonds. The Morgan fingerprint density at radius 2 is 2.28 bits per heavy atom. The lowest BCUT2D eigenvalue weighted by atomic mass is 10.0. The van der Waals surface area contributed by atoms with Crippen molar-refractivity contribution in [2.24, 2.45) is 5.73 Å². The van der Waals surface area contributed by atoms with Gasteiger partial charge in [0.25, 0.3) is 0 Å². The lowest BCUT2D eigenvalue weighted by molar-refractivity contribution is 0.0452. The van der Waals surface area contributed by atoms with Crippen molar-refractivity contribution in [3.8, 4) is 5.75 Å². The molecule has 2 unspecified atom stereocenters. The summed E-state index contributed by atoms with van der Waals surface area (Å²) in [6, 6.07) is 8.39. The number of benzene rings is 1. The molecular weight excluding hydrogens is 246 g/mol. The smallest absolute Gasteiger partial charge is 0.119 e. The molecule has 1 fully saturated rings. The fourth-order valence-corrected chi connectivity index (χ4v) is 3.42. The highest BCUT2D eigenvalue weighted by Crippen LogP contribution is 2.38. The van der Waals surface area contributed by atoms with E-state index in [0.717, 1.165) is 25.4 Å². The van der Waals surface area contributed by atoms with Gasteiger partial charge in [-0.1, -0.05) is 19.1 Å². The highest BCUT2D eigenvalue weighted by atomic mass is 32.2. The van der Waals surface area contributed by atoms with E-state index in [2.05, 4.69) is 19.1 Å². The van der Waals surface area contributed by atoms with Crippen molar-refractivity contribution in [3.05, 3.63) is 29.8 Å². The summed E-state index contributed by atoms with van der Waals surface area (Å²) in [6.45, 7) is 3.83. The maximum absolute atomic E-state index is 6.27. The second kappa shape index (κ2) is 6.45. The van der Waals surface area contributed by atoms with Gasteiger partial charge in [-0.05, 0) is 24.1 Å². The summed E-state index contributed by atoms with van der Waals surface area (Å²) in [6.07, 6.45) is 0.975. The SMILES string of the molecule is CCC(N)C(SC1COC1)c1cccc(OC)c1. The Kier molecular flexibility index (Phi) is 4.92. The van der Waals surface area contributed by atoms with Gasteiger partial charge in [0.05, 0.1) is 25.6 Å². The molecule has 2 atom stereocenters. The molecule has 0 aliphatic carbocycles. The Bertz CT molecular complexity index is 382. The minimum Gasteiger partial charge on any atom is -0.497 e. The fourth-order valence-electron chi connectivity index (χ4n) is 1.96. The van der Waals surface area contributed by atoms with E-state index in [1.165, 1.54) is 5.56 Å². The molecule has 2 N–H and O–H groups in total.